The summed E-state index contributed by atoms with van der Waals surface area (Å²) in [6.07, 6.45) is 0.254. The molecule has 1 aromatic carbocycles. The van der Waals surface area contributed by atoms with Gasteiger partial charge in [-0.25, -0.2) is 0 Å². The van der Waals surface area contributed by atoms with Gasteiger partial charge in [-0.15, -0.1) is 0 Å². The Bertz CT molecular complexity index is 378. The molecule has 18 heavy (non-hydrogen) atoms. The molecule has 4 nitrogen and oxygen atoms in total. The quantitative estimate of drug-likeness (QED) is 0.496. The van der Waals surface area contributed by atoms with E-state index in [1.165, 1.54) is 7.11 Å². The van der Waals surface area contributed by atoms with Crippen molar-refractivity contribution in [2.75, 3.05) is 13.7 Å². The van der Waals surface area contributed by atoms with E-state index in [9.17, 15) is 14.7 Å². The Kier molecular flexibility index (Phi) is 8.93. The largest absolute Gasteiger partial charge is 1.00 e. The summed E-state index contributed by atoms with van der Waals surface area (Å²) in [5.41, 5.74) is 0.881. The van der Waals surface area contributed by atoms with Crippen molar-refractivity contribution in [1.82, 2.24) is 0 Å². The molecule has 0 saturated carbocycles. The van der Waals surface area contributed by atoms with Crippen LogP contribution >= 0.6 is 0 Å². The Morgan fingerprint density at radius 3 is 2.39 bits per heavy atom. The van der Waals surface area contributed by atoms with Crippen LogP contribution < -0.4 is 34.7 Å². The molecule has 0 saturated heterocycles. The molecule has 0 aliphatic carbocycles. The zero-order chi connectivity index (χ0) is 12.7. The van der Waals surface area contributed by atoms with Gasteiger partial charge in [0.1, 0.15) is 6.61 Å². The summed E-state index contributed by atoms with van der Waals surface area (Å²) in [5.74, 6) is -2.21. The SMILES string of the molecule is COCC(=O)CC(Cc1ccccc1)C(=O)[O-].[Na+]. The molecule has 0 N–H and O–H groups in total. The second-order valence-corrected chi connectivity index (χ2v) is 3.88. The van der Waals surface area contributed by atoms with Crippen LogP contribution in [0.5, 0.6) is 0 Å². The van der Waals surface area contributed by atoms with Crippen LogP contribution in [-0.4, -0.2) is 25.5 Å². The number of rotatable bonds is 7. The van der Waals surface area contributed by atoms with Crippen molar-refractivity contribution >= 4 is 11.8 Å². The van der Waals surface area contributed by atoms with Gasteiger partial charge in [0, 0.05) is 25.4 Å². The van der Waals surface area contributed by atoms with Crippen molar-refractivity contribution in [2.24, 2.45) is 5.92 Å². The zero-order valence-corrected chi connectivity index (χ0v) is 12.7. The van der Waals surface area contributed by atoms with Gasteiger partial charge >= 0.3 is 29.6 Å². The van der Waals surface area contributed by atoms with E-state index >= 15 is 0 Å². The van der Waals surface area contributed by atoms with Gasteiger partial charge in [0.05, 0.1) is 0 Å². The van der Waals surface area contributed by atoms with Crippen LogP contribution in [0.15, 0.2) is 30.3 Å². The summed E-state index contributed by atoms with van der Waals surface area (Å²) in [7, 11) is 1.41. The monoisotopic (exact) mass is 258 g/mol. The third kappa shape index (κ3) is 6.31. The predicted octanol–water partition coefficient (Wildman–Crippen LogP) is -2.80. The van der Waals surface area contributed by atoms with Crippen molar-refractivity contribution in [2.45, 2.75) is 12.8 Å². The minimum atomic E-state index is -1.20. The summed E-state index contributed by atoms with van der Waals surface area (Å²) >= 11 is 0. The Balaban J connectivity index is 0.00000289. The van der Waals surface area contributed by atoms with Gasteiger partial charge in [-0.2, -0.15) is 0 Å². The van der Waals surface area contributed by atoms with Crippen molar-refractivity contribution in [3.8, 4) is 0 Å². The minimum absolute atomic E-state index is 0. The van der Waals surface area contributed by atoms with E-state index in [1.54, 1.807) is 0 Å². The molecule has 0 aliphatic rings. The molecule has 0 aromatic heterocycles. The van der Waals surface area contributed by atoms with Crippen LogP contribution in [0, 0.1) is 5.92 Å². The smallest absolute Gasteiger partial charge is 0.550 e. The van der Waals surface area contributed by atoms with Gasteiger partial charge in [-0.3, -0.25) is 4.79 Å². The number of ether oxygens (including phenoxy) is 1. The molecule has 1 unspecified atom stereocenters. The summed E-state index contributed by atoms with van der Waals surface area (Å²) in [5, 5.41) is 10.9. The predicted molar refractivity (Wildman–Crippen MR) is 60.1 cm³/mol. The van der Waals surface area contributed by atoms with Crippen molar-refractivity contribution in [3.63, 3.8) is 0 Å². The molecule has 0 fully saturated rings. The van der Waals surface area contributed by atoms with Crippen molar-refractivity contribution in [1.29, 1.82) is 0 Å². The topological polar surface area (TPSA) is 66.4 Å². The maximum atomic E-state index is 11.3. The first-order valence-electron chi connectivity index (χ1n) is 5.39. The minimum Gasteiger partial charge on any atom is -0.550 e. The molecule has 0 amide bonds. The summed E-state index contributed by atoms with van der Waals surface area (Å²) < 4.78 is 4.67. The average molecular weight is 258 g/mol. The fraction of sp³-hybridized carbons (Fsp3) is 0.385. The standard InChI is InChI=1S/C13H16O4.Na/c1-17-9-12(14)8-11(13(15)16)7-10-5-3-2-4-6-10;/h2-6,11H,7-9H2,1H3,(H,15,16);/q;+1/p-1. The Morgan fingerprint density at radius 1 is 1.28 bits per heavy atom. The molecule has 1 rings (SSSR count). The van der Waals surface area contributed by atoms with Crippen LogP contribution in [0.25, 0.3) is 0 Å². The molecule has 5 heteroatoms. The van der Waals surface area contributed by atoms with E-state index in [0.29, 0.717) is 6.42 Å². The third-order valence-electron chi connectivity index (χ3n) is 2.44. The average Bonchev–Trinajstić information content (AvgIpc) is 2.29. The number of ketones is 1. The maximum absolute atomic E-state index is 11.3. The molecule has 0 bridgehead atoms. The fourth-order valence-electron chi connectivity index (χ4n) is 1.63. The van der Waals surface area contributed by atoms with Gasteiger partial charge in [0.25, 0.3) is 0 Å². The van der Waals surface area contributed by atoms with E-state index in [1.807, 2.05) is 30.3 Å². The molecule has 0 heterocycles. The first-order valence-corrected chi connectivity index (χ1v) is 5.39. The van der Waals surface area contributed by atoms with E-state index in [2.05, 4.69) is 4.74 Å². The number of aliphatic carboxylic acids is 1. The van der Waals surface area contributed by atoms with Crippen molar-refractivity contribution < 1.29 is 49.0 Å². The fourth-order valence-corrected chi connectivity index (χ4v) is 1.63. The Hall–Kier alpha value is -0.680. The number of hydrogen-bond donors (Lipinski definition) is 0. The van der Waals surface area contributed by atoms with Crippen LogP contribution in [0.4, 0.5) is 0 Å². The summed E-state index contributed by atoms with van der Waals surface area (Å²) in [6, 6.07) is 9.18. The number of benzene rings is 1. The van der Waals surface area contributed by atoms with Crippen LogP contribution in [0.1, 0.15) is 12.0 Å². The van der Waals surface area contributed by atoms with E-state index < -0.39 is 11.9 Å². The molecular weight excluding hydrogens is 243 g/mol. The van der Waals surface area contributed by atoms with E-state index in [4.69, 9.17) is 0 Å². The van der Waals surface area contributed by atoms with Gasteiger partial charge in [0.15, 0.2) is 5.78 Å². The second kappa shape index (κ2) is 9.28. The number of carbonyl (C=O) groups excluding carboxylic acids is 2. The number of carbonyl (C=O) groups is 2. The van der Waals surface area contributed by atoms with Gasteiger partial charge in [0.2, 0.25) is 0 Å². The van der Waals surface area contributed by atoms with Gasteiger partial charge < -0.3 is 14.6 Å². The van der Waals surface area contributed by atoms with E-state index in [0.717, 1.165) is 5.56 Å². The first-order chi connectivity index (χ1) is 8.13. The first kappa shape index (κ1) is 17.3. The molecule has 92 valence electrons. The van der Waals surface area contributed by atoms with Gasteiger partial charge in [-0.1, -0.05) is 30.3 Å². The van der Waals surface area contributed by atoms with Gasteiger partial charge in [-0.05, 0) is 12.0 Å². The Morgan fingerprint density at radius 2 is 1.89 bits per heavy atom. The number of hydrogen-bond acceptors (Lipinski definition) is 4. The normalized spacial score (nSPS) is 11.4. The summed E-state index contributed by atoms with van der Waals surface area (Å²) in [4.78, 5) is 22.3. The number of carboxylic acids is 1. The molecule has 1 aromatic rings. The zero-order valence-electron chi connectivity index (χ0n) is 10.7. The van der Waals surface area contributed by atoms with Crippen LogP contribution in [0.2, 0.25) is 0 Å². The van der Waals surface area contributed by atoms with E-state index in [-0.39, 0.29) is 48.4 Å². The number of Topliss-reactive ketones (excluding diaryl/α,β-unsaturated/α-hetero) is 1. The molecule has 0 spiro atoms. The summed E-state index contributed by atoms with van der Waals surface area (Å²) in [6.45, 7) is -0.0570. The third-order valence-corrected chi connectivity index (χ3v) is 2.44. The number of carboxylic acid groups (broad SMARTS) is 1. The molecule has 0 aliphatic heterocycles. The van der Waals surface area contributed by atoms with Crippen molar-refractivity contribution in [3.05, 3.63) is 35.9 Å². The number of methoxy groups -OCH3 is 1. The molecule has 0 radical (unpaired) electrons. The Labute approximate surface area is 129 Å². The van der Waals surface area contributed by atoms with Crippen LogP contribution in [-0.2, 0) is 20.7 Å². The molecule has 1 atom stereocenters. The second-order valence-electron chi connectivity index (χ2n) is 3.88. The molecular formula is C13H15NaO4. The van der Waals surface area contributed by atoms with Crippen LogP contribution in [0.3, 0.4) is 0 Å². The maximum Gasteiger partial charge on any atom is 1.00 e.